The van der Waals surface area contributed by atoms with Crippen LogP contribution in [0.1, 0.15) is 15.9 Å². The third kappa shape index (κ3) is 4.90. The molecule has 180 valence electrons. The van der Waals surface area contributed by atoms with Crippen LogP contribution < -0.4 is 9.47 Å². The molecule has 4 aromatic carbocycles. The number of nitrogens with zero attached hydrogens (tertiary/aromatic N) is 1. The summed E-state index contributed by atoms with van der Waals surface area (Å²) in [5, 5.41) is 10.3. The van der Waals surface area contributed by atoms with Crippen molar-refractivity contribution in [3.8, 4) is 51.3 Å². The molecule has 0 aliphatic rings. The van der Waals surface area contributed by atoms with E-state index in [1.165, 1.54) is 0 Å². The highest BCUT2D eigenvalue weighted by molar-refractivity contribution is 9.10. The van der Waals surface area contributed by atoms with Crippen molar-refractivity contribution in [3.05, 3.63) is 119 Å². The van der Waals surface area contributed by atoms with Crippen LogP contribution in [0.3, 0.4) is 0 Å². The lowest BCUT2D eigenvalue weighted by molar-refractivity contribution is 0.0735. The Morgan fingerprint density at radius 2 is 1.46 bits per heavy atom. The molecule has 0 atom stereocenters. The Morgan fingerprint density at radius 1 is 0.838 bits per heavy atom. The highest BCUT2D eigenvalue weighted by Gasteiger charge is 2.27. The van der Waals surface area contributed by atoms with Crippen LogP contribution in [-0.4, -0.2) is 13.1 Å². The fourth-order valence-corrected chi connectivity index (χ4v) is 4.31. The van der Waals surface area contributed by atoms with Crippen molar-refractivity contribution in [1.29, 1.82) is 5.26 Å². The quantitative estimate of drug-likeness (QED) is 0.158. The number of halogens is 1. The van der Waals surface area contributed by atoms with Gasteiger partial charge in [-0.3, -0.25) is 0 Å². The lowest BCUT2D eigenvalue weighted by atomic mass is 9.95. The molecular formula is C31H20BrNO4. The smallest absolute Gasteiger partial charge is 0.343 e. The summed E-state index contributed by atoms with van der Waals surface area (Å²) in [6.45, 7) is 0. The van der Waals surface area contributed by atoms with Crippen LogP contribution in [0.15, 0.2) is 112 Å². The number of methoxy groups -OCH3 is 1. The van der Waals surface area contributed by atoms with E-state index in [1.54, 1.807) is 49.6 Å². The van der Waals surface area contributed by atoms with Gasteiger partial charge < -0.3 is 13.9 Å². The van der Waals surface area contributed by atoms with Gasteiger partial charge in [-0.15, -0.1) is 0 Å². The molecule has 0 aliphatic carbocycles. The van der Waals surface area contributed by atoms with E-state index in [0.717, 1.165) is 15.6 Å². The largest absolute Gasteiger partial charge is 0.497 e. The number of carbonyl (C=O) groups excluding carboxylic acids is 1. The first kappa shape index (κ1) is 24.1. The van der Waals surface area contributed by atoms with Gasteiger partial charge in [-0.25, -0.2) is 4.79 Å². The summed E-state index contributed by atoms with van der Waals surface area (Å²) in [6.07, 6.45) is 0. The van der Waals surface area contributed by atoms with E-state index in [9.17, 15) is 10.1 Å². The second-order valence-electron chi connectivity index (χ2n) is 8.11. The van der Waals surface area contributed by atoms with Crippen molar-refractivity contribution in [2.24, 2.45) is 0 Å². The van der Waals surface area contributed by atoms with Crippen LogP contribution in [0.4, 0.5) is 0 Å². The number of esters is 1. The molecule has 0 N–H and O–H groups in total. The maximum atomic E-state index is 13.0. The van der Waals surface area contributed by atoms with Crippen LogP contribution >= 0.6 is 15.9 Å². The average Bonchev–Trinajstić information content (AvgIpc) is 3.34. The molecule has 0 aliphatic heterocycles. The molecule has 0 saturated heterocycles. The van der Waals surface area contributed by atoms with Gasteiger partial charge in [0.05, 0.1) is 18.2 Å². The molecule has 0 saturated carbocycles. The Balaban J connectivity index is 1.73. The number of furan rings is 1. The molecule has 0 spiro atoms. The molecule has 1 heterocycles. The molecule has 5 nitrogen and oxygen atoms in total. The standard InChI is InChI=1S/C31H20BrNO4/c1-35-24-16-17-27(36-31(34)22-12-14-23(32)15-13-22)25(18-24)28-26(19-33)29(20-8-4-2-5-9-20)37-30(28)21-10-6-3-7-11-21/h2-18H,1H3. The van der Waals surface area contributed by atoms with E-state index in [1.807, 2.05) is 60.7 Å². The van der Waals surface area contributed by atoms with Gasteiger partial charge in [0.2, 0.25) is 0 Å². The van der Waals surface area contributed by atoms with Crippen molar-refractivity contribution in [1.82, 2.24) is 0 Å². The first-order chi connectivity index (χ1) is 18.1. The highest BCUT2D eigenvalue weighted by atomic mass is 79.9. The topological polar surface area (TPSA) is 72.5 Å². The molecule has 1 aromatic heterocycles. The molecule has 6 heteroatoms. The molecule has 5 aromatic rings. The predicted molar refractivity (Wildman–Crippen MR) is 145 cm³/mol. The van der Waals surface area contributed by atoms with Crippen LogP contribution in [-0.2, 0) is 0 Å². The van der Waals surface area contributed by atoms with E-state index < -0.39 is 5.97 Å². The monoisotopic (exact) mass is 549 g/mol. The van der Waals surface area contributed by atoms with E-state index in [0.29, 0.717) is 39.5 Å². The Morgan fingerprint density at radius 3 is 2.05 bits per heavy atom. The van der Waals surface area contributed by atoms with Gasteiger partial charge in [0.15, 0.2) is 5.76 Å². The van der Waals surface area contributed by atoms with Gasteiger partial charge in [0.25, 0.3) is 0 Å². The lowest BCUT2D eigenvalue weighted by Gasteiger charge is -2.13. The molecule has 0 bridgehead atoms. The fourth-order valence-electron chi connectivity index (χ4n) is 4.05. The Kier molecular flexibility index (Phi) is 6.89. The van der Waals surface area contributed by atoms with Gasteiger partial charge in [0.1, 0.15) is 28.9 Å². The van der Waals surface area contributed by atoms with Gasteiger partial charge in [0, 0.05) is 21.2 Å². The summed E-state index contributed by atoms with van der Waals surface area (Å²) in [7, 11) is 1.56. The Hall–Kier alpha value is -4.60. The minimum Gasteiger partial charge on any atom is -0.497 e. The molecule has 37 heavy (non-hydrogen) atoms. The van der Waals surface area contributed by atoms with Crippen molar-refractivity contribution >= 4 is 21.9 Å². The number of hydrogen-bond acceptors (Lipinski definition) is 5. The van der Waals surface area contributed by atoms with Crippen LogP contribution in [0.2, 0.25) is 0 Å². The van der Waals surface area contributed by atoms with Crippen LogP contribution in [0.5, 0.6) is 11.5 Å². The summed E-state index contributed by atoms with van der Waals surface area (Å²) in [6, 6.07) is 33.3. The zero-order valence-corrected chi connectivity index (χ0v) is 21.4. The first-order valence-corrected chi connectivity index (χ1v) is 12.2. The maximum absolute atomic E-state index is 13.0. The number of benzene rings is 4. The number of carbonyl (C=O) groups is 1. The normalized spacial score (nSPS) is 10.5. The van der Waals surface area contributed by atoms with Crippen molar-refractivity contribution in [3.63, 3.8) is 0 Å². The molecule has 0 fully saturated rings. The van der Waals surface area contributed by atoms with E-state index >= 15 is 0 Å². The highest BCUT2D eigenvalue weighted by Crippen LogP contribution is 2.46. The average molecular weight is 550 g/mol. The number of rotatable bonds is 6. The van der Waals surface area contributed by atoms with E-state index in [4.69, 9.17) is 13.9 Å². The van der Waals surface area contributed by atoms with Crippen molar-refractivity contribution in [2.75, 3.05) is 7.11 Å². The fraction of sp³-hybridized carbons (Fsp3) is 0.0323. The van der Waals surface area contributed by atoms with Gasteiger partial charge in [-0.1, -0.05) is 76.6 Å². The summed E-state index contributed by atoms with van der Waals surface area (Å²) < 4.78 is 18.6. The lowest BCUT2D eigenvalue weighted by Crippen LogP contribution is -2.09. The predicted octanol–water partition coefficient (Wildman–Crippen LogP) is 8.14. The third-order valence-electron chi connectivity index (χ3n) is 5.83. The molecule has 0 amide bonds. The van der Waals surface area contributed by atoms with Crippen molar-refractivity contribution in [2.45, 2.75) is 0 Å². The first-order valence-electron chi connectivity index (χ1n) is 11.4. The Labute approximate surface area is 222 Å². The molecule has 0 radical (unpaired) electrons. The second kappa shape index (κ2) is 10.6. The zero-order chi connectivity index (χ0) is 25.8. The van der Waals surface area contributed by atoms with Gasteiger partial charge in [-0.2, -0.15) is 5.26 Å². The maximum Gasteiger partial charge on any atom is 0.343 e. The SMILES string of the molecule is COc1ccc(OC(=O)c2ccc(Br)cc2)c(-c2c(-c3ccccc3)oc(-c3ccccc3)c2C#N)c1. The summed E-state index contributed by atoms with van der Waals surface area (Å²) in [5.41, 5.74) is 3.30. The minimum atomic E-state index is -0.523. The second-order valence-corrected chi connectivity index (χ2v) is 9.03. The molecule has 0 unspecified atom stereocenters. The van der Waals surface area contributed by atoms with E-state index in [2.05, 4.69) is 22.0 Å². The van der Waals surface area contributed by atoms with E-state index in [-0.39, 0.29) is 5.75 Å². The van der Waals surface area contributed by atoms with Crippen LogP contribution in [0.25, 0.3) is 33.8 Å². The number of nitriles is 1. The number of hydrogen-bond donors (Lipinski definition) is 0. The van der Waals surface area contributed by atoms with Crippen LogP contribution in [0, 0.1) is 11.3 Å². The van der Waals surface area contributed by atoms with Gasteiger partial charge >= 0.3 is 5.97 Å². The Bertz CT molecular complexity index is 1600. The zero-order valence-electron chi connectivity index (χ0n) is 19.8. The summed E-state index contributed by atoms with van der Waals surface area (Å²) >= 11 is 3.38. The molecule has 5 rings (SSSR count). The van der Waals surface area contributed by atoms with Crippen molar-refractivity contribution < 1.29 is 18.7 Å². The van der Waals surface area contributed by atoms with Gasteiger partial charge in [-0.05, 0) is 42.5 Å². The summed E-state index contributed by atoms with van der Waals surface area (Å²) in [5.74, 6) is 1.23. The molecular weight excluding hydrogens is 530 g/mol. The third-order valence-corrected chi connectivity index (χ3v) is 6.36. The number of ether oxygens (including phenoxy) is 2. The summed E-state index contributed by atoms with van der Waals surface area (Å²) in [4.78, 5) is 13.0. The minimum absolute atomic E-state index is 0.280.